The fraction of sp³-hybridized carbons (Fsp3) is 0.308. The van der Waals surface area contributed by atoms with E-state index in [0.29, 0.717) is 0 Å². The second-order valence-electron chi connectivity index (χ2n) is 3.40. The number of hydrogen-bond donors (Lipinski definition) is 0. The van der Waals surface area contributed by atoms with Crippen LogP contribution in [0.25, 0.3) is 10.4 Å². The lowest BCUT2D eigenvalue weighted by Gasteiger charge is -1.98. The molecule has 2 aromatic rings. The van der Waals surface area contributed by atoms with E-state index >= 15 is 0 Å². The van der Waals surface area contributed by atoms with Crippen molar-refractivity contribution in [2.75, 3.05) is 19.0 Å². The van der Waals surface area contributed by atoms with E-state index in [2.05, 4.69) is 29.2 Å². The van der Waals surface area contributed by atoms with Gasteiger partial charge in [0.2, 0.25) is 0 Å². The summed E-state index contributed by atoms with van der Waals surface area (Å²) in [5.74, 6) is 0.968. The van der Waals surface area contributed by atoms with Crippen molar-refractivity contribution >= 4 is 23.1 Å². The van der Waals surface area contributed by atoms with Crippen LogP contribution in [-0.2, 0) is 4.74 Å². The highest BCUT2D eigenvalue weighted by atomic mass is 32.2. The predicted octanol–water partition coefficient (Wildman–Crippen LogP) is 3.94. The first-order valence-electron chi connectivity index (χ1n) is 5.62. The third kappa shape index (κ3) is 3.84. The first kappa shape index (κ1) is 12.6. The van der Waals surface area contributed by atoms with E-state index < -0.39 is 0 Å². The second-order valence-corrected chi connectivity index (χ2v) is 5.77. The summed E-state index contributed by atoms with van der Waals surface area (Å²) < 4.78 is 6.42. The zero-order chi connectivity index (χ0) is 11.9. The van der Waals surface area contributed by atoms with E-state index in [9.17, 15) is 0 Å². The molecule has 0 N–H and O–H groups in total. The van der Waals surface area contributed by atoms with Crippen LogP contribution in [0.1, 0.15) is 6.92 Å². The van der Waals surface area contributed by atoms with Crippen molar-refractivity contribution in [2.45, 2.75) is 11.3 Å². The SMILES string of the molecule is CCOCCSc1ncc(-c2ccccc2)s1. The van der Waals surface area contributed by atoms with E-state index in [0.717, 1.165) is 23.3 Å². The van der Waals surface area contributed by atoms with Crippen LogP contribution in [0.5, 0.6) is 0 Å². The van der Waals surface area contributed by atoms with Gasteiger partial charge in [0.05, 0.1) is 11.5 Å². The quantitative estimate of drug-likeness (QED) is 0.583. The van der Waals surface area contributed by atoms with Crippen molar-refractivity contribution in [2.24, 2.45) is 0 Å². The Morgan fingerprint density at radius 1 is 1.29 bits per heavy atom. The molecular formula is C13H15NOS2. The van der Waals surface area contributed by atoms with Crippen LogP contribution in [-0.4, -0.2) is 24.0 Å². The molecule has 0 unspecified atom stereocenters. The van der Waals surface area contributed by atoms with Crippen molar-refractivity contribution in [3.05, 3.63) is 36.5 Å². The third-order valence-corrected chi connectivity index (χ3v) is 4.37. The number of thiazole rings is 1. The van der Waals surface area contributed by atoms with Gasteiger partial charge >= 0.3 is 0 Å². The first-order valence-corrected chi connectivity index (χ1v) is 7.42. The number of benzene rings is 1. The van der Waals surface area contributed by atoms with Crippen molar-refractivity contribution < 1.29 is 4.74 Å². The number of ether oxygens (including phenoxy) is 1. The molecule has 0 saturated heterocycles. The Bertz CT molecular complexity index is 442. The van der Waals surface area contributed by atoms with Gasteiger partial charge in [0.25, 0.3) is 0 Å². The molecule has 1 heterocycles. The van der Waals surface area contributed by atoms with Crippen molar-refractivity contribution in [1.82, 2.24) is 4.98 Å². The molecule has 0 aliphatic carbocycles. The van der Waals surface area contributed by atoms with Gasteiger partial charge in [0.1, 0.15) is 4.34 Å². The fourth-order valence-electron chi connectivity index (χ4n) is 1.39. The summed E-state index contributed by atoms with van der Waals surface area (Å²) in [5, 5.41) is 0. The lowest BCUT2D eigenvalue weighted by Crippen LogP contribution is -1.95. The molecule has 0 bridgehead atoms. The minimum atomic E-state index is 0.785. The van der Waals surface area contributed by atoms with Gasteiger partial charge in [-0.05, 0) is 12.5 Å². The molecule has 0 saturated carbocycles. The normalized spacial score (nSPS) is 10.6. The lowest BCUT2D eigenvalue weighted by atomic mass is 10.2. The van der Waals surface area contributed by atoms with Crippen LogP contribution in [0, 0.1) is 0 Å². The van der Waals surface area contributed by atoms with Gasteiger partial charge < -0.3 is 4.74 Å². The Kier molecular flexibility index (Phi) is 5.04. The molecule has 0 aliphatic rings. The molecule has 2 rings (SSSR count). The smallest absolute Gasteiger partial charge is 0.150 e. The third-order valence-electron chi connectivity index (χ3n) is 2.20. The Labute approximate surface area is 110 Å². The Morgan fingerprint density at radius 3 is 2.88 bits per heavy atom. The summed E-state index contributed by atoms with van der Waals surface area (Å²) in [6, 6.07) is 10.4. The van der Waals surface area contributed by atoms with Crippen LogP contribution in [0.2, 0.25) is 0 Å². The van der Waals surface area contributed by atoms with E-state index in [1.54, 1.807) is 23.1 Å². The topological polar surface area (TPSA) is 22.1 Å². The maximum atomic E-state index is 5.30. The Balaban J connectivity index is 1.92. The standard InChI is InChI=1S/C13H15NOS2/c1-2-15-8-9-16-13-14-10-12(17-13)11-6-4-3-5-7-11/h3-7,10H,2,8-9H2,1H3. The molecule has 0 atom stereocenters. The zero-order valence-electron chi connectivity index (χ0n) is 9.76. The molecule has 0 radical (unpaired) electrons. The summed E-state index contributed by atoms with van der Waals surface area (Å²) in [6.45, 7) is 3.59. The fourth-order valence-corrected chi connectivity index (χ4v) is 3.30. The first-order chi connectivity index (χ1) is 8.40. The zero-order valence-corrected chi connectivity index (χ0v) is 11.4. The predicted molar refractivity (Wildman–Crippen MR) is 74.8 cm³/mol. The maximum Gasteiger partial charge on any atom is 0.150 e. The van der Waals surface area contributed by atoms with Crippen LogP contribution in [0.3, 0.4) is 0 Å². The molecule has 0 aliphatic heterocycles. The van der Waals surface area contributed by atoms with Crippen molar-refractivity contribution in [1.29, 1.82) is 0 Å². The van der Waals surface area contributed by atoms with Crippen molar-refractivity contribution in [3.8, 4) is 10.4 Å². The number of hydrogen-bond acceptors (Lipinski definition) is 4. The van der Waals surface area contributed by atoms with E-state index in [-0.39, 0.29) is 0 Å². The van der Waals surface area contributed by atoms with Gasteiger partial charge in [-0.15, -0.1) is 11.3 Å². The van der Waals surface area contributed by atoms with Crippen molar-refractivity contribution in [3.63, 3.8) is 0 Å². The Hall–Kier alpha value is -0.840. The molecule has 17 heavy (non-hydrogen) atoms. The maximum absolute atomic E-state index is 5.30. The molecule has 1 aromatic heterocycles. The number of rotatable bonds is 6. The molecule has 0 amide bonds. The highest BCUT2D eigenvalue weighted by molar-refractivity contribution is 8.01. The Morgan fingerprint density at radius 2 is 2.12 bits per heavy atom. The summed E-state index contributed by atoms with van der Waals surface area (Å²) in [5.41, 5.74) is 1.24. The van der Waals surface area contributed by atoms with Crippen LogP contribution < -0.4 is 0 Å². The van der Waals surface area contributed by atoms with Crippen LogP contribution in [0.15, 0.2) is 40.9 Å². The van der Waals surface area contributed by atoms with Gasteiger partial charge in [-0.2, -0.15) is 0 Å². The van der Waals surface area contributed by atoms with Crippen LogP contribution in [0.4, 0.5) is 0 Å². The minimum absolute atomic E-state index is 0.785. The van der Waals surface area contributed by atoms with Crippen LogP contribution >= 0.6 is 23.1 Å². The molecule has 90 valence electrons. The highest BCUT2D eigenvalue weighted by Crippen LogP contribution is 2.31. The van der Waals surface area contributed by atoms with Gasteiger partial charge in [-0.25, -0.2) is 4.98 Å². The molecular weight excluding hydrogens is 250 g/mol. The summed E-state index contributed by atoms with van der Waals surface area (Å²) in [6.07, 6.45) is 1.95. The van der Waals surface area contributed by atoms with E-state index in [1.807, 2.05) is 19.2 Å². The second kappa shape index (κ2) is 6.79. The number of nitrogens with zero attached hydrogens (tertiary/aromatic N) is 1. The molecule has 1 aromatic carbocycles. The van der Waals surface area contributed by atoms with E-state index in [1.165, 1.54) is 10.4 Å². The highest BCUT2D eigenvalue weighted by Gasteiger charge is 2.04. The molecule has 4 heteroatoms. The van der Waals surface area contributed by atoms with E-state index in [4.69, 9.17) is 4.74 Å². The molecule has 0 fully saturated rings. The summed E-state index contributed by atoms with van der Waals surface area (Å²) in [4.78, 5) is 5.64. The molecule has 0 spiro atoms. The van der Waals surface area contributed by atoms with Gasteiger partial charge in [0.15, 0.2) is 0 Å². The average molecular weight is 265 g/mol. The van der Waals surface area contributed by atoms with Gasteiger partial charge in [-0.3, -0.25) is 0 Å². The number of thioether (sulfide) groups is 1. The lowest BCUT2D eigenvalue weighted by molar-refractivity contribution is 0.164. The average Bonchev–Trinajstić information content (AvgIpc) is 2.85. The van der Waals surface area contributed by atoms with Gasteiger partial charge in [-0.1, -0.05) is 42.1 Å². The summed E-state index contributed by atoms with van der Waals surface area (Å²) >= 11 is 3.50. The number of aromatic nitrogens is 1. The van der Waals surface area contributed by atoms with Gasteiger partial charge in [0, 0.05) is 18.6 Å². The largest absolute Gasteiger partial charge is 0.381 e. The molecule has 2 nitrogen and oxygen atoms in total. The minimum Gasteiger partial charge on any atom is -0.381 e. The summed E-state index contributed by atoms with van der Waals surface area (Å²) in [7, 11) is 0. The monoisotopic (exact) mass is 265 g/mol.